The van der Waals surface area contributed by atoms with Crippen LogP contribution < -0.4 is 0 Å². The molecule has 1 aliphatic rings. The van der Waals surface area contributed by atoms with Crippen LogP contribution in [0.25, 0.3) is 0 Å². The largest absolute Gasteiger partial charge is 0.512 e. The third-order valence-electron chi connectivity index (χ3n) is 3.01. The van der Waals surface area contributed by atoms with Crippen molar-refractivity contribution in [2.24, 2.45) is 5.92 Å². The standard InChI is InChI=1S/C11H17NO3/c1-5-6(2)9-10(14)8(7(3)13)11(15)12(9)4/h6,9,13H,5H2,1-4H3/b8-7-/t6-,9-/m0/s1. The molecule has 2 atom stereocenters. The summed E-state index contributed by atoms with van der Waals surface area (Å²) in [6, 6.07) is -0.417. The number of allylic oxidation sites excluding steroid dienone is 1. The van der Waals surface area contributed by atoms with Gasteiger partial charge in [0.25, 0.3) is 5.91 Å². The van der Waals surface area contributed by atoms with Crippen LogP contribution in [0.3, 0.4) is 0 Å². The fourth-order valence-corrected chi connectivity index (χ4v) is 1.93. The number of hydrogen-bond acceptors (Lipinski definition) is 3. The second kappa shape index (κ2) is 4.04. The Balaban J connectivity index is 3.12. The van der Waals surface area contributed by atoms with Crippen LogP contribution in [0.4, 0.5) is 0 Å². The Morgan fingerprint density at radius 2 is 2.07 bits per heavy atom. The molecule has 0 aromatic carbocycles. The van der Waals surface area contributed by atoms with E-state index in [1.165, 1.54) is 11.8 Å². The summed E-state index contributed by atoms with van der Waals surface area (Å²) in [4.78, 5) is 25.0. The molecule has 0 unspecified atom stereocenters. The maximum absolute atomic E-state index is 11.9. The maximum Gasteiger partial charge on any atom is 0.261 e. The minimum atomic E-state index is -0.417. The van der Waals surface area contributed by atoms with Crippen molar-refractivity contribution in [3.63, 3.8) is 0 Å². The van der Waals surface area contributed by atoms with Crippen molar-refractivity contribution in [3.8, 4) is 0 Å². The van der Waals surface area contributed by atoms with Crippen molar-refractivity contribution in [1.29, 1.82) is 0 Å². The number of carbonyl (C=O) groups is 2. The van der Waals surface area contributed by atoms with Gasteiger partial charge in [0.15, 0.2) is 5.78 Å². The zero-order valence-electron chi connectivity index (χ0n) is 9.57. The van der Waals surface area contributed by atoms with E-state index in [9.17, 15) is 14.7 Å². The lowest BCUT2D eigenvalue weighted by Gasteiger charge is -2.22. The first-order valence-electron chi connectivity index (χ1n) is 5.13. The Kier molecular flexibility index (Phi) is 3.17. The summed E-state index contributed by atoms with van der Waals surface area (Å²) in [7, 11) is 1.60. The van der Waals surface area contributed by atoms with Gasteiger partial charge in [-0.2, -0.15) is 0 Å². The zero-order valence-corrected chi connectivity index (χ0v) is 9.57. The number of aliphatic hydroxyl groups excluding tert-OH is 1. The van der Waals surface area contributed by atoms with E-state index in [0.717, 1.165) is 6.42 Å². The summed E-state index contributed by atoms with van der Waals surface area (Å²) in [6.07, 6.45) is 0.825. The quantitative estimate of drug-likeness (QED) is 0.425. The minimum absolute atomic E-state index is 0.0530. The van der Waals surface area contributed by atoms with Crippen LogP contribution >= 0.6 is 0 Å². The van der Waals surface area contributed by atoms with Crippen molar-refractivity contribution in [1.82, 2.24) is 4.90 Å². The van der Waals surface area contributed by atoms with E-state index < -0.39 is 6.04 Å². The molecule has 0 bridgehead atoms. The number of aliphatic hydroxyl groups is 1. The lowest BCUT2D eigenvalue weighted by atomic mass is 9.95. The predicted octanol–water partition coefficient (Wildman–Crippen LogP) is 1.27. The molecule has 15 heavy (non-hydrogen) atoms. The van der Waals surface area contributed by atoms with Gasteiger partial charge in [0, 0.05) is 7.05 Å². The summed E-state index contributed by atoms with van der Waals surface area (Å²) >= 11 is 0. The zero-order chi connectivity index (χ0) is 11.7. The SMILES string of the molecule is CC[C@H](C)[C@H]1C(=O)/C(=C(\C)O)C(=O)N1C. The second-order valence-electron chi connectivity index (χ2n) is 4.07. The van der Waals surface area contributed by atoms with Crippen LogP contribution in [0.5, 0.6) is 0 Å². The molecule has 0 spiro atoms. The third kappa shape index (κ3) is 1.76. The highest BCUT2D eigenvalue weighted by molar-refractivity contribution is 6.26. The second-order valence-corrected chi connectivity index (χ2v) is 4.07. The average Bonchev–Trinajstić information content (AvgIpc) is 2.37. The van der Waals surface area contributed by atoms with Gasteiger partial charge in [-0.25, -0.2) is 0 Å². The number of ketones is 1. The van der Waals surface area contributed by atoms with Gasteiger partial charge in [-0.15, -0.1) is 0 Å². The smallest absolute Gasteiger partial charge is 0.261 e. The summed E-state index contributed by atoms with van der Waals surface area (Å²) in [6.45, 7) is 5.28. The molecule has 4 heteroatoms. The van der Waals surface area contributed by atoms with E-state index in [4.69, 9.17) is 0 Å². The molecule has 1 aliphatic heterocycles. The van der Waals surface area contributed by atoms with E-state index in [0.29, 0.717) is 0 Å². The highest BCUT2D eigenvalue weighted by Crippen LogP contribution is 2.27. The van der Waals surface area contributed by atoms with Gasteiger partial charge >= 0.3 is 0 Å². The first kappa shape index (κ1) is 11.8. The molecule has 1 N–H and O–H groups in total. The molecule has 0 aromatic heterocycles. The van der Waals surface area contributed by atoms with Crippen molar-refractivity contribution < 1.29 is 14.7 Å². The number of carbonyl (C=O) groups excluding carboxylic acids is 2. The number of likely N-dealkylation sites (N-methyl/N-ethyl adjacent to an activating group) is 1. The van der Waals surface area contributed by atoms with Crippen molar-refractivity contribution in [2.75, 3.05) is 7.05 Å². The molecular weight excluding hydrogens is 194 g/mol. The first-order chi connectivity index (χ1) is 6.91. The molecular formula is C11H17NO3. The van der Waals surface area contributed by atoms with Gasteiger partial charge in [-0.05, 0) is 12.8 Å². The Morgan fingerprint density at radius 1 is 1.53 bits per heavy atom. The fraction of sp³-hybridized carbons (Fsp3) is 0.636. The molecule has 0 saturated carbocycles. The number of Topliss-reactive ketones (excluding diaryl/α,β-unsaturated/α-hetero) is 1. The van der Waals surface area contributed by atoms with Crippen LogP contribution in [-0.2, 0) is 9.59 Å². The molecule has 4 nitrogen and oxygen atoms in total. The van der Waals surface area contributed by atoms with E-state index in [1.54, 1.807) is 7.05 Å². The molecule has 84 valence electrons. The minimum Gasteiger partial charge on any atom is -0.512 e. The van der Waals surface area contributed by atoms with Gasteiger partial charge in [-0.1, -0.05) is 20.3 Å². The van der Waals surface area contributed by atoms with Crippen LogP contribution in [0.2, 0.25) is 0 Å². The number of amides is 1. The van der Waals surface area contributed by atoms with Crippen LogP contribution in [0.1, 0.15) is 27.2 Å². The van der Waals surface area contributed by atoms with Crippen LogP contribution in [-0.4, -0.2) is 34.8 Å². The maximum atomic E-state index is 11.9. The van der Waals surface area contributed by atoms with Gasteiger partial charge in [0.2, 0.25) is 0 Å². The third-order valence-corrected chi connectivity index (χ3v) is 3.01. The summed E-state index contributed by atoms with van der Waals surface area (Å²) in [5, 5.41) is 9.29. The molecule has 1 amide bonds. The fourth-order valence-electron chi connectivity index (χ4n) is 1.93. The number of likely N-dealkylation sites (tertiary alicyclic amines) is 1. The Labute approximate surface area is 89.6 Å². The summed E-state index contributed by atoms with van der Waals surface area (Å²) in [5.41, 5.74) is -0.0530. The molecule has 0 aromatic rings. The van der Waals surface area contributed by atoms with Gasteiger partial charge in [0.05, 0.1) is 6.04 Å². The van der Waals surface area contributed by atoms with Gasteiger partial charge < -0.3 is 10.0 Å². The molecule has 0 aliphatic carbocycles. The first-order valence-corrected chi connectivity index (χ1v) is 5.13. The summed E-state index contributed by atoms with van der Waals surface area (Å²) < 4.78 is 0. The molecule has 1 fully saturated rings. The van der Waals surface area contributed by atoms with E-state index in [2.05, 4.69) is 0 Å². The Bertz CT molecular complexity index is 329. The molecule has 1 heterocycles. The van der Waals surface area contributed by atoms with Crippen LogP contribution in [0, 0.1) is 5.92 Å². The van der Waals surface area contributed by atoms with Crippen LogP contribution in [0.15, 0.2) is 11.3 Å². The van der Waals surface area contributed by atoms with Gasteiger partial charge in [0.1, 0.15) is 11.3 Å². The summed E-state index contributed by atoms with van der Waals surface area (Å²) in [5.74, 6) is -0.687. The normalized spacial score (nSPS) is 27.2. The average molecular weight is 211 g/mol. The highest BCUT2D eigenvalue weighted by Gasteiger charge is 2.44. The van der Waals surface area contributed by atoms with Crippen molar-refractivity contribution in [3.05, 3.63) is 11.3 Å². The number of hydrogen-bond donors (Lipinski definition) is 1. The number of rotatable bonds is 2. The van der Waals surface area contributed by atoms with Crippen molar-refractivity contribution >= 4 is 11.7 Å². The Morgan fingerprint density at radius 3 is 2.40 bits per heavy atom. The lowest BCUT2D eigenvalue weighted by Crippen LogP contribution is -2.36. The predicted molar refractivity (Wildman–Crippen MR) is 56.3 cm³/mol. The molecule has 1 rings (SSSR count). The van der Waals surface area contributed by atoms with E-state index in [1.807, 2.05) is 13.8 Å². The van der Waals surface area contributed by atoms with Gasteiger partial charge in [-0.3, -0.25) is 9.59 Å². The van der Waals surface area contributed by atoms with E-state index >= 15 is 0 Å². The Hall–Kier alpha value is -1.32. The number of nitrogens with zero attached hydrogens (tertiary/aromatic N) is 1. The molecule has 1 saturated heterocycles. The van der Waals surface area contributed by atoms with Crippen molar-refractivity contribution in [2.45, 2.75) is 33.2 Å². The van der Waals surface area contributed by atoms with E-state index in [-0.39, 0.29) is 28.9 Å². The molecule has 0 radical (unpaired) electrons. The topological polar surface area (TPSA) is 57.6 Å². The highest BCUT2D eigenvalue weighted by atomic mass is 16.3. The lowest BCUT2D eigenvalue weighted by molar-refractivity contribution is -0.126. The monoisotopic (exact) mass is 211 g/mol.